The van der Waals surface area contributed by atoms with Crippen LogP contribution in [0.2, 0.25) is 5.02 Å². The summed E-state index contributed by atoms with van der Waals surface area (Å²) < 4.78 is 1.81. The van der Waals surface area contributed by atoms with E-state index in [-0.39, 0.29) is 12.0 Å². The Hall–Kier alpha value is -0.540. The van der Waals surface area contributed by atoms with Crippen LogP contribution in [0.5, 0.6) is 0 Å². The Morgan fingerprint density at radius 2 is 1.88 bits per heavy atom. The van der Waals surface area contributed by atoms with Gasteiger partial charge in [0.1, 0.15) is 0 Å². The lowest BCUT2D eigenvalue weighted by atomic mass is 9.92. The van der Waals surface area contributed by atoms with Crippen molar-refractivity contribution in [2.24, 2.45) is 11.8 Å². The third kappa shape index (κ3) is 3.46. The van der Waals surface area contributed by atoms with E-state index in [4.69, 9.17) is 11.6 Å². The average molecular weight is 259 g/mol. The maximum absolute atomic E-state index is 10.4. The summed E-state index contributed by atoms with van der Waals surface area (Å²) in [7, 11) is 0. The van der Waals surface area contributed by atoms with Crippen LogP contribution in [0.4, 0.5) is 0 Å². The van der Waals surface area contributed by atoms with Gasteiger partial charge in [0.05, 0.1) is 23.0 Å². The van der Waals surface area contributed by atoms with Crippen molar-refractivity contribution in [2.45, 2.75) is 53.2 Å². The van der Waals surface area contributed by atoms with Gasteiger partial charge >= 0.3 is 0 Å². The Bertz CT molecular complexity index is 360. The van der Waals surface area contributed by atoms with Gasteiger partial charge in [-0.3, -0.25) is 4.68 Å². The van der Waals surface area contributed by atoms with Gasteiger partial charge in [0.2, 0.25) is 0 Å². The highest BCUT2D eigenvalue weighted by atomic mass is 35.5. The van der Waals surface area contributed by atoms with Crippen molar-refractivity contribution in [3.05, 3.63) is 16.9 Å². The summed E-state index contributed by atoms with van der Waals surface area (Å²) in [6.45, 7) is 10.4. The van der Waals surface area contributed by atoms with Crippen molar-refractivity contribution in [1.82, 2.24) is 9.78 Å². The molecule has 1 aromatic heterocycles. The fraction of sp³-hybridized carbons (Fsp3) is 0.769. The van der Waals surface area contributed by atoms with E-state index in [1.54, 1.807) is 6.20 Å². The molecule has 0 aliphatic carbocycles. The van der Waals surface area contributed by atoms with Crippen molar-refractivity contribution < 1.29 is 5.11 Å². The molecule has 0 saturated carbocycles. The number of aliphatic hydroxyl groups excluding tert-OH is 1. The standard InChI is InChI=1S/C13H23ClN2O/c1-8(2)6-10(5)13(17)12-11(14)7-15-16(12)9(3)4/h7-10,13,17H,6H2,1-5H3. The Balaban J connectivity index is 2.94. The normalized spacial score (nSPS) is 15.6. The molecule has 0 fully saturated rings. The van der Waals surface area contributed by atoms with E-state index in [0.29, 0.717) is 10.9 Å². The van der Waals surface area contributed by atoms with E-state index in [1.807, 2.05) is 18.5 Å². The van der Waals surface area contributed by atoms with Crippen LogP contribution in [0.25, 0.3) is 0 Å². The highest BCUT2D eigenvalue weighted by Crippen LogP contribution is 2.32. The van der Waals surface area contributed by atoms with Crippen LogP contribution < -0.4 is 0 Å². The van der Waals surface area contributed by atoms with Gasteiger partial charge in [-0.15, -0.1) is 0 Å². The molecule has 0 saturated heterocycles. The Kier molecular flexibility index (Phi) is 5.02. The fourth-order valence-electron chi connectivity index (χ4n) is 2.18. The first-order valence-electron chi connectivity index (χ1n) is 6.25. The van der Waals surface area contributed by atoms with Gasteiger partial charge in [0, 0.05) is 6.04 Å². The van der Waals surface area contributed by atoms with Gasteiger partial charge in [-0.1, -0.05) is 32.4 Å². The van der Waals surface area contributed by atoms with Crippen molar-refractivity contribution in [2.75, 3.05) is 0 Å². The molecule has 4 heteroatoms. The molecular formula is C13H23ClN2O. The summed E-state index contributed by atoms with van der Waals surface area (Å²) >= 11 is 6.12. The zero-order valence-corrected chi connectivity index (χ0v) is 12.1. The average Bonchev–Trinajstić information content (AvgIpc) is 2.58. The van der Waals surface area contributed by atoms with Crippen molar-refractivity contribution in [3.8, 4) is 0 Å². The van der Waals surface area contributed by atoms with Gasteiger partial charge in [0.25, 0.3) is 0 Å². The summed E-state index contributed by atoms with van der Waals surface area (Å²) in [5.41, 5.74) is 0.745. The molecule has 2 unspecified atom stereocenters. The zero-order valence-electron chi connectivity index (χ0n) is 11.3. The zero-order chi connectivity index (χ0) is 13.2. The van der Waals surface area contributed by atoms with Crippen LogP contribution in [0.3, 0.4) is 0 Å². The number of rotatable bonds is 5. The fourth-order valence-corrected chi connectivity index (χ4v) is 2.42. The molecule has 1 heterocycles. The Morgan fingerprint density at radius 1 is 1.29 bits per heavy atom. The minimum Gasteiger partial charge on any atom is -0.386 e. The molecule has 1 rings (SSSR count). The topological polar surface area (TPSA) is 38.1 Å². The molecule has 3 nitrogen and oxygen atoms in total. The molecule has 98 valence electrons. The second kappa shape index (κ2) is 5.87. The lowest BCUT2D eigenvalue weighted by Crippen LogP contribution is -2.18. The van der Waals surface area contributed by atoms with Gasteiger partial charge in [0.15, 0.2) is 0 Å². The first-order chi connectivity index (χ1) is 7.84. The minimum absolute atomic E-state index is 0.182. The number of nitrogens with zero attached hydrogens (tertiary/aromatic N) is 2. The largest absolute Gasteiger partial charge is 0.386 e. The number of aliphatic hydroxyl groups is 1. The summed E-state index contributed by atoms with van der Waals surface area (Å²) in [6.07, 6.45) is 2.04. The molecule has 2 atom stereocenters. The molecule has 0 aliphatic rings. The molecule has 1 aromatic rings. The van der Waals surface area contributed by atoms with Crippen LogP contribution >= 0.6 is 11.6 Å². The summed E-state index contributed by atoms with van der Waals surface area (Å²) in [6, 6.07) is 0.207. The summed E-state index contributed by atoms with van der Waals surface area (Å²) in [5, 5.41) is 15.2. The van der Waals surface area contributed by atoms with Gasteiger partial charge in [-0.2, -0.15) is 5.10 Å². The van der Waals surface area contributed by atoms with Crippen molar-refractivity contribution in [1.29, 1.82) is 0 Å². The van der Waals surface area contributed by atoms with E-state index < -0.39 is 6.10 Å². The first kappa shape index (κ1) is 14.5. The smallest absolute Gasteiger partial charge is 0.0997 e. The van der Waals surface area contributed by atoms with Gasteiger partial charge in [-0.05, 0) is 32.1 Å². The Labute approximate surface area is 109 Å². The SMILES string of the molecule is CC(C)CC(C)C(O)c1c(Cl)cnn1C(C)C. The minimum atomic E-state index is -0.546. The van der Waals surface area contributed by atoms with Crippen LogP contribution in [0, 0.1) is 11.8 Å². The predicted octanol–water partition coefficient (Wildman–Crippen LogP) is 3.83. The molecule has 0 aromatic carbocycles. The quantitative estimate of drug-likeness (QED) is 0.872. The molecule has 1 N–H and O–H groups in total. The monoisotopic (exact) mass is 258 g/mol. The first-order valence-corrected chi connectivity index (χ1v) is 6.63. The number of aromatic nitrogens is 2. The second-order valence-electron chi connectivity index (χ2n) is 5.47. The molecule has 0 radical (unpaired) electrons. The third-order valence-electron chi connectivity index (χ3n) is 2.94. The van der Waals surface area contributed by atoms with Gasteiger partial charge < -0.3 is 5.11 Å². The van der Waals surface area contributed by atoms with Crippen LogP contribution in [0.1, 0.15) is 58.9 Å². The van der Waals surface area contributed by atoms with E-state index in [2.05, 4.69) is 25.9 Å². The van der Waals surface area contributed by atoms with E-state index in [0.717, 1.165) is 12.1 Å². The summed E-state index contributed by atoms with van der Waals surface area (Å²) in [5.74, 6) is 0.746. The van der Waals surface area contributed by atoms with E-state index in [9.17, 15) is 5.11 Å². The molecule has 0 aliphatic heterocycles. The van der Waals surface area contributed by atoms with Crippen molar-refractivity contribution in [3.63, 3.8) is 0 Å². The molecule has 17 heavy (non-hydrogen) atoms. The molecule has 0 bridgehead atoms. The molecule has 0 amide bonds. The highest BCUT2D eigenvalue weighted by Gasteiger charge is 2.25. The number of hydrogen-bond acceptors (Lipinski definition) is 2. The lowest BCUT2D eigenvalue weighted by Gasteiger charge is -2.23. The third-order valence-corrected chi connectivity index (χ3v) is 3.23. The Morgan fingerprint density at radius 3 is 2.35 bits per heavy atom. The van der Waals surface area contributed by atoms with Crippen LogP contribution in [-0.2, 0) is 0 Å². The maximum Gasteiger partial charge on any atom is 0.0997 e. The second-order valence-corrected chi connectivity index (χ2v) is 5.87. The maximum atomic E-state index is 10.4. The van der Waals surface area contributed by atoms with Gasteiger partial charge in [-0.25, -0.2) is 0 Å². The summed E-state index contributed by atoms with van der Waals surface area (Å²) in [4.78, 5) is 0. The predicted molar refractivity (Wildman–Crippen MR) is 71.2 cm³/mol. The lowest BCUT2D eigenvalue weighted by molar-refractivity contribution is 0.0949. The van der Waals surface area contributed by atoms with Crippen LogP contribution in [-0.4, -0.2) is 14.9 Å². The van der Waals surface area contributed by atoms with Crippen molar-refractivity contribution >= 4 is 11.6 Å². The molecular weight excluding hydrogens is 236 g/mol. The van der Waals surface area contributed by atoms with E-state index in [1.165, 1.54) is 0 Å². The number of hydrogen-bond donors (Lipinski definition) is 1. The molecule has 0 spiro atoms. The highest BCUT2D eigenvalue weighted by molar-refractivity contribution is 6.31. The van der Waals surface area contributed by atoms with E-state index >= 15 is 0 Å². The van der Waals surface area contributed by atoms with Crippen LogP contribution in [0.15, 0.2) is 6.20 Å². The number of halogens is 1.